The molecular weight excluding hydrogens is 347 g/mol. The molecule has 1 aromatic carbocycles. The summed E-state index contributed by atoms with van der Waals surface area (Å²) in [6.07, 6.45) is 2.75. The maximum atomic E-state index is 12.8. The van der Waals surface area contributed by atoms with Crippen LogP contribution in [0.4, 0.5) is 4.39 Å². The van der Waals surface area contributed by atoms with Gasteiger partial charge in [0, 0.05) is 32.0 Å². The van der Waals surface area contributed by atoms with Crippen molar-refractivity contribution in [1.29, 1.82) is 0 Å². The van der Waals surface area contributed by atoms with Crippen LogP contribution in [0.1, 0.15) is 25.0 Å². The van der Waals surface area contributed by atoms with Gasteiger partial charge in [-0.3, -0.25) is 4.79 Å². The molecule has 5 nitrogen and oxygen atoms in total. The fourth-order valence-electron chi connectivity index (χ4n) is 2.96. The Bertz CT molecular complexity index is 705. The van der Waals surface area contributed by atoms with E-state index >= 15 is 0 Å². The zero-order valence-corrected chi connectivity index (χ0v) is 14.5. The molecular formula is C18H20ClFN2O3. The number of aromatic nitrogens is 1. The van der Waals surface area contributed by atoms with Crippen LogP contribution in [0.25, 0.3) is 0 Å². The lowest BCUT2D eigenvalue weighted by molar-refractivity contribution is -0.130. The van der Waals surface area contributed by atoms with E-state index in [1.54, 1.807) is 18.2 Å². The Labute approximate surface area is 150 Å². The van der Waals surface area contributed by atoms with Gasteiger partial charge in [-0.05, 0) is 43.0 Å². The first-order valence-corrected chi connectivity index (χ1v) is 8.75. The summed E-state index contributed by atoms with van der Waals surface area (Å²) in [5, 5.41) is 3.91. The number of benzene rings is 1. The van der Waals surface area contributed by atoms with Crippen molar-refractivity contribution in [3.63, 3.8) is 0 Å². The highest BCUT2D eigenvalue weighted by Gasteiger charge is 2.26. The fraction of sp³-hybridized carbons (Fsp3) is 0.444. The molecule has 0 N–H and O–H groups in total. The molecule has 3 rings (SSSR count). The molecule has 1 aromatic heterocycles. The molecule has 0 radical (unpaired) electrons. The number of ether oxygens (including phenoxy) is 1. The number of hydrogen-bond donors (Lipinski definition) is 0. The van der Waals surface area contributed by atoms with E-state index in [2.05, 4.69) is 5.16 Å². The molecule has 0 aliphatic carbocycles. The van der Waals surface area contributed by atoms with Crippen LogP contribution in [0.15, 0.2) is 34.9 Å². The Morgan fingerprint density at radius 2 is 2.20 bits per heavy atom. The molecule has 134 valence electrons. The van der Waals surface area contributed by atoms with Crippen molar-refractivity contribution in [2.24, 2.45) is 5.92 Å². The van der Waals surface area contributed by atoms with Gasteiger partial charge in [0.05, 0.1) is 6.61 Å². The summed E-state index contributed by atoms with van der Waals surface area (Å²) < 4.78 is 23.5. The Morgan fingerprint density at radius 1 is 1.40 bits per heavy atom. The summed E-state index contributed by atoms with van der Waals surface area (Å²) in [5.74, 6) is 1.57. The molecule has 0 spiro atoms. The van der Waals surface area contributed by atoms with Crippen molar-refractivity contribution in [2.45, 2.75) is 25.7 Å². The van der Waals surface area contributed by atoms with Crippen LogP contribution in [-0.4, -0.2) is 35.7 Å². The van der Waals surface area contributed by atoms with E-state index in [1.165, 1.54) is 12.1 Å². The van der Waals surface area contributed by atoms with Gasteiger partial charge in [-0.2, -0.15) is 0 Å². The second-order valence-corrected chi connectivity index (χ2v) is 6.59. The first-order chi connectivity index (χ1) is 12.1. The van der Waals surface area contributed by atoms with Crippen molar-refractivity contribution < 1.29 is 18.4 Å². The van der Waals surface area contributed by atoms with Crippen molar-refractivity contribution in [2.75, 3.05) is 19.7 Å². The third-order valence-corrected chi connectivity index (χ3v) is 4.54. The summed E-state index contributed by atoms with van der Waals surface area (Å²) >= 11 is 5.69. The number of halogens is 2. The standard InChI is InChI=1S/C18H20ClFN2O3/c19-17-11-16(25-21-17)5-6-18(23)22-9-7-13(12-22)8-10-24-15-3-1-14(20)2-4-15/h1-4,11,13H,5-10,12H2. The van der Waals surface area contributed by atoms with Gasteiger partial charge in [-0.15, -0.1) is 0 Å². The van der Waals surface area contributed by atoms with Crippen molar-refractivity contribution in [3.8, 4) is 5.75 Å². The third kappa shape index (κ3) is 5.19. The molecule has 1 aliphatic heterocycles. The summed E-state index contributed by atoms with van der Waals surface area (Å²) in [5.41, 5.74) is 0. The lowest BCUT2D eigenvalue weighted by atomic mass is 10.1. The van der Waals surface area contributed by atoms with Crippen molar-refractivity contribution in [3.05, 3.63) is 47.1 Å². The highest BCUT2D eigenvalue weighted by Crippen LogP contribution is 2.22. The number of amides is 1. The van der Waals surface area contributed by atoms with Crippen LogP contribution in [0.2, 0.25) is 5.15 Å². The highest BCUT2D eigenvalue weighted by atomic mass is 35.5. The lowest BCUT2D eigenvalue weighted by Crippen LogP contribution is -2.29. The van der Waals surface area contributed by atoms with E-state index in [0.29, 0.717) is 42.0 Å². The quantitative estimate of drug-likeness (QED) is 0.749. The third-order valence-electron chi connectivity index (χ3n) is 4.36. The molecule has 1 fully saturated rings. The first kappa shape index (κ1) is 17.7. The first-order valence-electron chi connectivity index (χ1n) is 8.37. The zero-order chi connectivity index (χ0) is 17.6. The highest BCUT2D eigenvalue weighted by molar-refractivity contribution is 6.29. The summed E-state index contributed by atoms with van der Waals surface area (Å²) in [6, 6.07) is 7.64. The van der Waals surface area contributed by atoms with Crippen LogP contribution < -0.4 is 4.74 Å². The number of hydrogen-bond acceptors (Lipinski definition) is 4. The maximum absolute atomic E-state index is 12.8. The zero-order valence-electron chi connectivity index (χ0n) is 13.8. The van der Waals surface area contributed by atoms with E-state index in [4.69, 9.17) is 20.9 Å². The Balaban J connectivity index is 1.36. The fourth-order valence-corrected chi connectivity index (χ4v) is 3.12. The smallest absolute Gasteiger partial charge is 0.223 e. The largest absolute Gasteiger partial charge is 0.494 e. The van der Waals surface area contributed by atoms with Gasteiger partial charge < -0.3 is 14.2 Å². The van der Waals surface area contributed by atoms with E-state index in [1.807, 2.05) is 4.90 Å². The van der Waals surface area contributed by atoms with Crippen LogP contribution in [0, 0.1) is 11.7 Å². The molecule has 1 atom stereocenters. The molecule has 1 saturated heterocycles. The van der Waals surface area contributed by atoms with E-state index < -0.39 is 0 Å². The second kappa shape index (κ2) is 8.34. The summed E-state index contributed by atoms with van der Waals surface area (Å²) in [7, 11) is 0. The Kier molecular flexibility index (Phi) is 5.91. The predicted octanol–water partition coefficient (Wildman–Crippen LogP) is 3.72. The average molecular weight is 367 g/mol. The normalized spacial score (nSPS) is 17.0. The van der Waals surface area contributed by atoms with Gasteiger partial charge in [0.15, 0.2) is 5.15 Å². The minimum Gasteiger partial charge on any atom is -0.494 e. The molecule has 7 heteroatoms. The second-order valence-electron chi connectivity index (χ2n) is 6.20. The van der Waals surface area contributed by atoms with E-state index in [-0.39, 0.29) is 11.7 Å². The monoisotopic (exact) mass is 366 g/mol. The SMILES string of the molecule is O=C(CCc1cc(Cl)no1)N1CCC(CCOc2ccc(F)cc2)C1. The molecule has 0 saturated carbocycles. The number of aryl methyl sites for hydroxylation is 1. The minimum atomic E-state index is -0.273. The van der Waals surface area contributed by atoms with Crippen molar-refractivity contribution >= 4 is 17.5 Å². The number of carbonyl (C=O) groups is 1. The van der Waals surface area contributed by atoms with Crippen molar-refractivity contribution in [1.82, 2.24) is 10.1 Å². The molecule has 1 aliphatic rings. The number of likely N-dealkylation sites (tertiary alicyclic amines) is 1. The predicted molar refractivity (Wildman–Crippen MR) is 91.0 cm³/mol. The van der Waals surface area contributed by atoms with E-state index in [0.717, 1.165) is 25.9 Å². The topological polar surface area (TPSA) is 55.6 Å². The molecule has 1 unspecified atom stereocenters. The molecule has 1 amide bonds. The van der Waals surface area contributed by atoms with Gasteiger partial charge in [-0.1, -0.05) is 16.8 Å². The molecule has 25 heavy (non-hydrogen) atoms. The van der Waals surface area contributed by atoms with Gasteiger partial charge >= 0.3 is 0 Å². The summed E-state index contributed by atoms with van der Waals surface area (Å²) in [6.45, 7) is 2.09. The van der Waals surface area contributed by atoms with Gasteiger partial charge in [0.1, 0.15) is 17.3 Å². The van der Waals surface area contributed by atoms with Crippen LogP contribution >= 0.6 is 11.6 Å². The minimum absolute atomic E-state index is 0.120. The Morgan fingerprint density at radius 3 is 2.92 bits per heavy atom. The number of carbonyl (C=O) groups excluding carboxylic acids is 1. The average Bonchev–Trinajstić information content (AvgIpc) is 3.24. The molecule has 2 heterocycles. The molecule has 0 bridgehead atoms. The van der Waals surface area contributed by atoms with Gasteiger partial charge in [-0.25, -0.2) is 4.39 Å². The van der Waals surface area contributed by atoms with Crippen LogP contribution in [-0.2, 0) is 11.2 Å². The van der Waals surface area contributed by atoms with Crippen LogP contribution in [0.5, 0.6) is 5.75 Å². The Hall–Kier alpha value is -2.08. The maximum Gasteiger partial charge on any atom is 0.223 e. The lowest BCUT2D eigenvalue weighted by Gasteiger charge is -2.16. The van der Waals surface area contributed by atoms with Crippen LogP contribution in [0.3, 0.4) is 0 Å². The molecule has 2 aromatic rings. The summed E-state index contributed by atoms with van der Waals surface area (Å²) in [4.78, 5) is 14.2. The number of nitrogens with zero attached hydrogens (tertiary/aromatic N) is 2. The van der Waals surface area contributed by atoms with Gasteiger partial charge in [0.25, 0.3) is 0 Å². The van der Waals surface area contributed by atoms with E-state index in [9.17, 15) is 9.18 Å². The van der Waals surface area contributed by atoms with Gasteiger partial charge in [0.2, 0.25) is 5.91 Å². The number of rotatable bonds is 7.